The van der Waals surface area contributed by atoms with Crippen molar-refractivity contribution in [3.8, 4) is 11.1 Å². The molecule has 1 saturated heterocycles. The molecule has 26 heavy (non-hydrogen) atoms. The molecular weight excluding hydrogens is 330 g/mol. The van der Waals surface area contributed by atoms with Crippen LogP contribution in [0, 0.1) is 5.41 Å². The van der Waals surface area contributed by atoms with E-state index in [4.69, 9.17) is 9.47 Å². The van der Waals surface area contributed by atoms with Crippen LogP contribution in [0.3, 0.4) is 0 Å². The van der Waals surface area contributed by atoms with Crippen LogP contribution in [0.1, 0.15) is 50.2 Å². The number of ether oxygens (including phenoxy) is 2. The first-order valence-electron chi connectivity index (χ1n) is 8.71. The Balaban J connectivity index is 2.14. The molecule has 5 nitrogen and oxygen atoms in total. The number of H-pyrrole nitrogens is 1. The SMILES string of the molecule is CCOC(=O)c1c[nH]c(/C(C)=C2\CC(C)(C)C(=O)O2)c1-c1ccccc1. The summed E-state index contributed by atoms with van der Waals surface area (Å²) in [7, 11) is 0. The number of esters is 2. The van der Waals surface area contributed by atoms with E-state index < -0.39 is 5.41 Å². The number of allylic oxidation sites excluding steroid dienone is 2. The van der Waals surface area contributed by atoms with E-state index in [1.54, 1.807) is 13.1 Å². The van der Waals surface area contributed by atoms with Gasteiger partial charge < -0.3 is 14.5 Å². The minimum Gasteiger partial charge on any atom is -0.462 e. The molecule has 2 heterocycles. The van der Waals surface area contributed by atoms with Crippen molar-refractivity contribution in [3.63, 3.8) is 0 Å². The van der Waals surface area contributed by atoms with Crippen LogP contribution in [0.4, 0.5) is 0 Å². The van der Waals surface area contributed by atoms with Gasteiger partial charge in [0, 0.05) is 23.8 Å². The summed E-state index contributed by atoms with van der Waals surface area (Å²) in [5.74, 6) is 0.0233. The van der Waals surface area contributed by atoms with Crippen LogP contribution in [0.25, 0.3) is 16.7 Å². The van der Waals surface area contributed by atoms with Gasteiger partial charge in [0.1, 0.15) is 5.76 Å². The van der Waals surface area contributed by atoms with E-state index in [1.165, 1.54) is 0 Å². The maximum atomic E-state index is 12.4. The van der Waals surface area contributed by atoms with Crippen molar-refractivity contribution in [2.75, 3.05) is 6.61 Å². The molecule has 1 fully saturated rings. The highest BCUT2D eigenvalue weighted by Crippen LogP contribution is 2.41. The first-order chi connectivity index (χ1) is 12.3. The number of aromatic amines is 1. The molecule has 0 spiro atoms. The summed E-state index contributed by atoms with van der Waals surface area (Å²) in [5, 5.41) is 0. The molecule has 0 aliphatic carbocycles. The van der Waals surface area contributed by atoms with E-state index in [-0.39, 0.29) is 11.9 Å². The molecule has 0 unspecified atom stereocenters. The minimum absolute atomic E-state index is 0.231. The minimum atomic E-state index is -0.542. The van der Waals surface area contributed by atoms with Crippen LogP contribution < -0.4 is 0 Å². The maximum Gasteiger partial charge on any atom is 0.340 e. The maximum absolute atomic E-state index is 12.4. The molecule has 1 aromatic carbocycles. The monoisotopic (exact) mass is 353 g/mol. The van der Waals surface area contributed by atoms with Gasteiger partial charge >= 0.3 is 11.9 Å². The van der Waals surface area contributed by atoms with Gasteiger partial charge in [0.05, 0.1) is 23.3 Å². The Kier molecular flexibility index (Phi) is 4.72. The number of hydrogen-bond acceptors (Lipinski definition) is 4. The van der Waals surface area contributed by atoms with Gasteiger partial charge in [0.2, 0.25) is 0 Å². The lowest BCUT2D eigenvalue weighted by Crippen LogP contribution is -2.16. The van der Waals surface area contributed by atoms with Crippen LogP contribution >= 0.6 is 0 Å². The normalized spacial score (nSPS) is 17.8. The zero-order valence-electron chi connectivity index (χ0n) is 15.5. The number of carbonyl (C=O) groups excluding carboxylic acids is 2. The fraction of sp³-hybridized carbons (Fsp3) is 0.333. The van der Waals surface area contributed by atoms with Crippen molar-refractivity contribution in [3.05, 3.63) is 53.5 Å². The molecule has 136 valence electrons. The van der Waals surface area contributed by atoms with Gasteiger partial charge in [0.25, 0.3) is 0 Å². The zero-order chi connectivity index (χ0) is 18.9. The van der Waals surface area contributed by atoms with E-state index >= 15 is 0 Å². The lowest BCUT2D eigenvalue weighted by Gasteiger charge is -2.10. The van der Waals surface area contributed by atoms with Crippen molar-refractivity contribution in [2.24, 2.45) is 5.41 Å². The predicted molar refractivity (Wildman–Crippen MR) is 99.3 cm³/mol. The average Bonchev–Trinajstić information content (AvgIpc) is 3.17. The molecule has 1 aliphatic heterocycles. The molecule has 3 rings (SSSR count). The van der Waals surface area contributed by atoms with Crippen molar-refractivity contribution < 1.29 is 19.1 Å². The lowest BCUT2D eigenvalue weighted by atomic mass is 9.89. The second-order valence-electron chi connectivity index (χ2n) is 7.04. The van der Waals surface area contributed by atoms with E-state index in [9.17, 15) is 9.59 Å². The molecule has 1 aromatic heterocycles. The average molecular weight is 353 g/mol. The second-order valence-corrected chi connectivity index (χ2v) is 7.04. The smallest absolute Gasteiger partial charge is 0.340 e. The molecule has 2 aromatic rings. The highest BCUT2D eigenvalue weighted by Gasteiger charge is 2.40. The van der Waals surface area contributed by atoms with Gasteiger partial charge in [-0.25, -0.2) is 4.79 Å². The summed E-state index contributed by atoms with van der Waals surface area (Å²) in [6.07, 6.45) is 2.18. The van der Waals surface area contributed by atoms with Crippen LogP contribution in [0.2, 0.25) is 0 Å². The number of nitrogens with one attached hydrogen (secondary N) is 1. The number of rotatable bonds is 4. The third-order valence-corrected chi connectivity index (χ3v) is 4.60. The molecule has 1 N–H and O–H groups in total. The lowest BCUT2D eigenvalue weighted by molar-refractivity contribution is -0.142. The van der Waals surface area contributed by atoms with Gasteiger partial charge in [-0.2, -0.15) is 0 Å². The summed E-state index contributed by atoms with van der Waals surface area (Å²) >= 11 is 0. The fourth-order valence-electron chi connectivity index (χ4n) is 3.10. The number of benzene rings is 1. The van der Waals surface area contributed by atoms with Gasteiger partial charge in [-0.1, -0.05) is 30.3 Å². The molecule has 0 atom stereocenters. The Morgan fingerprint density at radius 1 is 1.27 bits per heavy atom. The fourth-order valence-corrected chi connectivity index (χ4v) is 3.10. The van der Waals surface area contributed by atoms with Gasteiger partial charge in [0.15, 0.2) is 0 Å². The van der Waals surface area contributed by atoms with Crippen molar-refractivity contribution in [1.82, 2.24) is 4.98 Å². The number of cyclic esters (lactones) is 1. The van der Waals surface area contributed by atoms with Gasteiger partial charge in [-0.15, -0.1) is 0 Å². The van der Waals surface area contributed by atoms with E-state index in [2.05, 4.69) is 4.98 Å². The van der Waals surface area contributed by atoms with Crippen LogP contribution in [-0.2, 0) is 14.3 Å². The Hall–Kier alpha value is -2.82. The molecule has 1 aliphatic rings. The predicted octanol–water partition coefficient (Wildman–Crippen LogP) is 4.56. The van der Waals surface area contributed by atoms with E-state index in [0.717, 1.165) is 22.4 Å². The molecule has 0 amide bonds. The number of carbonyl (C=O) groups is 2. The van der Waals surface area contributed by atoms with Crippen LogP contribution in [0.15, 0.2) is 42.3 Å². The highest BCUT2D eigenvalue weighted by molar-refractivity contribution is 6.01. The Bertz CT molecular complexity index is 875. The number of aromatic nitrogens is 1. The molecule has 5 heteroatoms. The summed E-state index contributed by atoms with van der Waals surface area (Å²) in [6, 6.07) is 9.65. The van der Waals surface area contributed by atoms with E-state index in [0.29, 0.717) is 24.4 Å². The number of hydrogen-bond donors (Lipinski definition) is 1. The third-order valence-electron chi connectivity index (χ3n) is 4.60. The van der Waals surface area contributed by atoms with Gasteiger partial charge in [-0.05, 0) is 33.3 Å². The van der Waals surface area contributed by atoms with Crippen molar-refractivity contribution in [1.29, 1.82) is 0 Å². The summed E-state index contributed by atoms with van der Waals surface area (Å²) in [5.41, 5.74) is 3.17. The Morgan fingerprint density at radius 2 is 1.96 bits per heavy atom. The Labute approximate surface area is 153 Å². The molecular formula is C21H23NO4. The first-order valence-corrected chi connectivity index (χ1v) is 8.71. The standard InChI is InChI=1S/C21H23NO4/c1-5-25-19(23)15-12-22-18(17(15)14-9-7-6-8-10-14)13(2)16-11-21(3,4)20(24)26-16/h6-10,12,22H,5,11H2,1-4H3/b16-13+. The second kappa shape index (κ2) is 6.83. The molecule has 0 bridgehead atoms. The first kappa shape index (κ1) is 18.0. The topological polar surface area (TPSA) is 68.4 Å². The van der Waals surface area contributed by atoms with Gasteiger partial charge in [-0.3, -0.25) is 4.79 Å². The van der Waals surface area contributed by atoms with Crippen LogP contribution in [-0.4, -0.2) is 23.5 Å². The largest absolute Gasteiger partial charge is 0.462 e. The van der Waals surface area contributed by atoms with E-state index in [1.807, 2.05) is 51.1 Å². The summed E-state index contributed by atoms with van der Waals surface area (Å²) < 4.78 is 10.7. The quantitative estimate of drug-likeness (QED) is 0.818. The third kappa shape index (κ3) is 3.17. The Morgan fingerprint density at radius 3 is 2.54 bits per heavy atom. The highest BCUT2D eigenvalue weighted by atomic mass is 16.5. The molecule has 0 radical (unpaired) electrons. The van der Waals surface area contributed by atoms with Crippen molar-refractivity contribution >= 4 is 17.5 Å². The summed E-state index contributed by atoms with van der Waals surface area (Å²) in [4.78, 5) is 27.6. The molecule has 0 saturated carbocycles. The zero-order valence-corrected chi connectivity index (χ0v) is 15.5. The summed E-state index contributed by atoms with van der Waals surface area (Å²) in [6.45, 7) is 7.72. The van der Waals surface area contributed by atoms with Crippen LogP contribution in [0.5, 0.6) is 0 Å². The van der Waals surface area contributed by atoms with Crippen molar-refractivity contribution in [2.45, 2.75) is 34.1 Å².